The van der Waals surface area contributed by atoms with Crippen molar-refractivity contribution >= 4 is 42.5 Å². The molecule has 0 saturated heterocycles. The highest BCUT2D eigenvalue weighted by molar-refractivity contribution is 6.23. The number of Topliss-reactive ketones (excluding diaryl/α,β-unsaturated/α-hetero) is 2. The first-order valence-corrected chi connectivity index (χ1v) is 7.66. The number of hydrogen-bond donors (Lipinski definition) is 1. The van der Waals surface area contributed by atoms with Gasteiger partial charge in [0.15, 0.2) is 11.6 Å². The van der Waals surface area contributed by atoms with Gasteiger partial charge in [-0.2, -0.15) is 0 Å². The predicted octanol–water partition coefficient (Wildman–Crippen LogP) is 2.66. The molecule has 0 unspecified atom stereocenters. The van der Waals surface area contributed by atoms with Gasteiger partial charge in [-0.05, 0) is 52.0 Å². The molecule has 1 aromatic carbocycles. The Morgan fingerprint density at radius 2 is 1.28 bits per heavy atom. The van der Waals surface area contributed by atoms with Crippen molar-refractivity contribution in [1.29, 1.82) is 0 Å². The van der Waals surface area contributed by atoms with Gasteiger partial charge in [-0.15, -0.1) is 24.8 Å². The van der Waals surface area contributed by atoms with Gasteiger partial charge in [0.05, 0.1) is 5.57 Å². The Morgan fingerprint density at radius 1 is 0.880 bits per heavy atom. The van der Waals surface area contributed by atoms with Crippen LogP contribution in [0.4, 0.5) is 0 Å². The molecule has 1 rings (SSSR count). The van der Waals surface area contributed by atoms with Crippen molar-refractivity contribution in [2.75, 3.05) is 41.3 Å². The normalized spacial score (nSPS) is 10.0. The van der Waals surface area contributed by atoms with E-state index in [4.69, 9.17) is 0 Å². The van der Waals surface area contributed by atoms with Crippen molar-refractivity contribution in [3.8, 4) is 5.75 Å². The number of aromatic hydroxyl groups is 1. The minimum absolute atomic E-state index is 0. The molecule has 1 aromatic rings. The number of phenolic OH excluding ortho intramolecular Hbond substituents is 1. The first-order valence-electron chi connectivity index (χ1n) is 7.66. The summed E-state index contributed by atoms with van der Waals surface area (Å²) in [6, 6.07) is 6.46. The molecule has 0 heterocycles. The standard InChI is InChI=1S/C18H26N2O3.2ClH/c1-19(2)11-9-17(22)16(18(23)10-12-20(3)4)13-14-5-7-15(21)8-6-14;;/h5-8,13,21H,9-12H2,1-4H3;2*1H. The monoisotopic (exact) mass is 390 g/mol. The summed E-state index contributed by atoms with van der Waals surface area (Å²) < 4.78 is 0. The zero-order chi connectivity index (χ0) is 17.4. The zero-order valence-corrected chi connectivity index (χ0v) is 16.8. The first-order chi connectivity index (χ1) is 10.8. The number of halogens is 2. The van der Waals surface area contributed by atoms with Crippen LogP contribution in [0, 0.1) is 0 Å². The number of rotatable bonds is 9. The van der Waals surface area contributed by atoms with Gasteiger partial charge in [-0.3, -0.25) is 9.59 Å². The largest absolute Gasteiger partial charge is 0.508 e. The Morgan fingerprint density at radius 3 is 1.64 bits per heavy atom. The van der Waals surface area contributed by atoms with Crippen LogP contribution in [0.5, 0.6) is 5.75 Å². The number of nitrogens with zero attached hydrogens (tertiary/aromatic N) is 2. The molecule has 1 N–H and O–H groups in total. The molecule has 0 spiro atoms. The number of allylic oxidation sites excluding steroid dienone is 1. The molecule has 7 heteroatoms. The van der Waals surface area contributed by atoms with Gasteiger partial charge < -0.3 is 14.9 Å². The van der Waals surface area contributed by atoms with Crippen molar-refractivity contribution in [3.05, 3.63) is 35.4 Å². The predicted molar refractivity (Wildman–Crippen MR) is 107 cm³/mol. The zero-order valence-electron chi connectivity index (χ0n) is 15.2. The van der Waals surface area contributed by atoms with Crippen LogP contribution in [0.1, 0.15) is 18.4 Å². The van der Waals surface area contributed by atoms with E-state index in [2.05, 4.69) is 0 Å². The summed E-state index contributed by atoms with van der Waals surface area (Å²) in [5.41, 5.74) is 0.966. The van der Waals surface area contributed by atoms with Crippen LogP contribution in [0.25, 0.3) is 6.08 Å². The number of ketones is 2. The first kappa shape index (κ1) is 25.8. The molecule has 5 nitrogen and oxygen atoms in total. The molecular weight excluding hydrogens is 363 g/mol. The van der Waals surface area contributed by atoms with Gasteiger partial charge in [0.1, 0.15) is 5.75 Å². The van der Waals surface area contributed by atoms with Crippen LogP contribution in [-0.4, -0.2) is 67.8 Å². The van der Waals surface area contributed by atoms with Gasteiger partial charge >= 0.3 is 0 Å². The van der Waals surface area contributed by atoms with Gasteiger partial charge in [-0.25, -0.2) is 0 Å². The lowest BCUT2D eigenvalue weighted by atomic mass is 9.98. The SMILES string of the molecule is CN(C)CCC(=O)C(=Cc1ccc(O)cc1)C(=O)CCN(C)C.Cl.Cl. The highest BCUT2D eigenvalue weighted by Gasteiger charge is 2.18. The third-order valence-corrected chi connectivity index (χ3v) is 3.38. The number of hydrogen-bond acceptors (Lipinski definition) is 5. The molecule has 0 saturated carbocycles. The van der Waals surface area contributed by atoms with Crippen molar-refractivity contribution in [3.63, 3.8) is 0 Å². The van der Waals surface area contributed by atoms with Gasteiger partial charge in [0.2, 0.25) is 0 Å². The Bertz CT molecular complexity index is 544. The molecule has 0 amide bonds. The second-order valence-electron chi connectivity index (χ2n) is 6.10. The molecule has 0 aromatic heterocycles. The minimum Gasteiger partial charge on any atom is -0.508 e. The van der Waals surface area contributed by atoms with E-state index >= 15 is 0 Å². The second kappa shape index (κ2) is 12.9. The maximum atomic E-state index is 12.4. The van der Waals surface area contributed by atoms with Crippen molar-refractivity contribution in [2.24, 2.45) is 0 Å². The average Bonchev–Trinajstić information content (AvgIpc) is 2.49. The fourth-order valence-electron chi connectivity index (χ4n) is 1.97. The van der Waals surface area contributed by atoms with E-state index in [1.807, 2.05) is 38.0 Å². The highest BCUT2D eigenvalue weighted by atomic mass is 35.5. The maximum absolute atomic E-state index is 12.4. The van der Waals surface area contributed by atoms with Gasteiger partial charge in [0, 0.05) is 25.9 Å². The molecule has 142 valence electrons. The van der Waals surface area contributed by atoms with Gasteiger partial charge in [-0.1, -0.05) is 12.1 Å². The number of carbonyl (C=O) groups excluding carboxylic acids is 2. The summed E-state index contributed by atoms with van der Waals surface area (Å²) in [4.78, 5) is 28.7. The van der Waals surface area contributed by atoms with Crippen molar-refractivity contribution < 1.29 is 14.7 Å². The summed E-state index contributed by atoms with van der Waals surface area (Å²) in [5.74, 6) is -0.132. The number of phenols is 1. The molecule has 0 aliphatic carbocycles. The average molecular weight is 391 g/mol. The summed E-state index contributed by atoms with van der Waals surface area (Å²) >= 11 is 0. The third kappa shape index (κ3) is 10.2. The molecule has 0 aliphatic heterocycles. The fraction of sp³-hybridized carbons (Fsp3) is 0.444. The molecule has 0 radical (unpaired) electrons. The third-order valence-electron chi connectivity index (χ3n) is 3.38. The van der Waals surface area contributed by atoms with Gasteiger partial charge in [0.25, 0.3) is 0 Å². The Kier molecular flexibility index (Phi) is 13.3. The van der Waals surface area contributed by atoms with Crippen LogP contribution in [0.15, 0.2) is 29.8 Å². The van der Waals surface area contributed by atoms with Crippen LogP contribution < -0.4 is 0 Å². The fourth-order valence-corrected chi connectivity index (χ4v) is 1.97. The lowest BCUT2D eigenvalue weighted by Gasteiger charge is -2.12. The van der Waals surface area contributed by atoms with Crippen LogP contribution >= 0.6 is 24.8 Å². The summed E-state index contributed by atoms with van der Waals surface area (Å²) in [6.07, 6.45) is 2.24. The molecule has 0 bridgehead atoms. The van der Waals surface area contributed by atoms with Crippen molar-refractivity contribution in [1.82, 2.24) is 9.80 Å². The molecule has 0 fully saturated rings. The second-order valence-corrected chi connectivity index (χ2v) is 6.10. The van der Waals surface area contributed by atoms with Crippen molar-refractivity contribution in [2.45, 2.75) is 12.8 Å². The number of benzene rings is 1. The highest BCUT2D eigenvalue weighted by Crippen LogP contribution is 2.15. The van der Waals surface area contributed by atoms with E-state index in [-0.39, 0.29) is 47.7 Å². The van der Waals surface area contributed by atoms with Crippen LogP contribution in [-0.2, 0) is 9.59 Å². The molecular formula is C18H28Cl2N2O3. The lowest BCUT2D eigenvalue weighted by Crippen LogP contribution is -2.23. The minimum atomic E-state index is -0.143. The summed E-state index contributed by atoms with van der Waals surface area (Å²) in [5, 5.41) is 9.33. The smallest absolute Gasteiger partial charge is 0.167 e. The molecule has 0 atom stereocenters. The number of carbonyl (C=O) groups is 2. The Balaban J connectivity index is 0. The molecule has 0 aliphatic rings. The molecule has 25 heavy (non-hydrogen) atoms. The van der Waals surface area contributed by atoms with Crippen LogP contribution in [0.2, 0.25) is 0 Å². The van der Waals surface area contributed by atoms with E-state index in [0.29, 0.717) is 25.9 Å². The van der Waals surface area contributed by atoms with E-state index < -0.39 is 0 Å². The Labute approximate surface area is 162 Å². The van der Waals surface area contributed by atoms with Crippen LogP contribution in [0.3, 0.4) is 0 Å². The summed E-state index contributed by atoms with van der Waals surface area (Å²) in [7, 11) is 7.57. The van der Waals surface area contributed by atoms with E-state index in [1.54, 1.807) is 18.2 Å². The van der Waals surface area contributed by atoms with E-state index in [0.717, 1.165) is 5.56 Å². The lowest BCUT2D eigenvalue weighted by molar-refractivity contribution is -0.121. The van der Waals surface area contributed by atoms with E-state index in [1.165, 1.54) is 12.1 Å². The topological polar surface area (TPSA) is 60.9 Å². The maximum Gasteiger partial charge on any atom is 0.167 e. The summed E-state index contributed by atoms with van der Waals surface area (Å²) in [6.45, 7) is 1.21. The van der Waals surface area contributed by atoms with E-state index in [9.17, 15) is 14.7 Å². The Hall–Kier alpha value is -1.40. The quantitative estimate of drug-likeness (QED) is 0.399.